The van der Waals surface area contributed by atoms with Crippen molar-refractivity contribution in [2.75, 3.05) is 0 Å². The van der Waals surface area contributed by atoms with Crippen LogP contribution in [0.4, 0.5) is 0 Å². The van der Waals surface area contributed by atoms with Gasteiger partial charge in [0.05, 0.1) is 5.69 Å². The maximum Gasteiger partial charge on any atom is 0.0803 e. The molecule has 0 saturated carbocycles. The van der Waals surface area contributed by atoms with Crippen molar-refractivity contribution in [1.29, 1.82) is 0 Å². The highest BCUT2D eigenvalue weighted by Gasteiger charge is 2.23. The fourth-order valence-electron chi connectivity index (χ4n) is 4.58. The molecule has 1 aliphatic heterocycles. The minimum atomic E-state index is 1.09. The molecule has 4 aromatic carbocycles. The summed E-state index contributed by atoms with van der Waals surface area (Å²) in [5, 5.41) is 7.78. The Morgan fingerprint density at radius 1 is 0.828 bits per heavy atom. The van der Waals surface area contributed by atoms with Crippen LogP contribution >= 0.6 is 11.8 Å². The molecular formula is C27H19NS. The highest BCUT2D eigenvalue weighted by molar-refractivity contribution is 7.99. The molecule has 0 atom stereocenters. The molecule has 1 nitrogen and oxygen atoms in total. The zero-order valence-electron chi connectivity index (χ0n) is 16.4. The average molecular weight is 390 g/mol. The molecule has 5 aromatic rings. The molecule has 0 spiro atoms. The second kappa shape index (κ2) is 5.95. The summed E-state index contributed by atoms with van der Waals surface area (Å²) in [5.74, 6) is 0. The number of aryl methyl sites for hydroxylation is 2. The van der Waals surface area contributed by atoms with Crippen LogP contribution in [-0.4, -0.2) is 4.98 Å². The van der Waals surface area contributed by atoms with Crippen LogP contribution < -0.4 is 0 Å². The molecule has 2 heterocycles. The molecule has 0 N–H and O–H groups in total. The van der Waals surface area contributed by atoms with Crippen molar-refractivity contribution >= 4 is 50.2 Å². The molecule has 2 heteroatoms. The Morgan fingerprint density at radius 3 is 2.55 bits per heavy atom. The van der Waals surface area contributed by atoms with Gasteiger partial charge in [-0.25, -0.2) is 0 Å². The molecule has 0 aliphatic carbocycles. The number of rotatable bonds is 1. The largest absolute Gasteiger partial charge is 0.256 e. The smallest absolute Gasteiger partial charge is 0.0803 e. The van der Waals surface area contributed by atoms with Gasteiger partial charge in [0.1, 0.15) is 0 Å². The van der Waals surface area contributed by atoms with Gasteiger partial charge in [-0.2, -0.15) is 0 Å². The van der Waals surface area contributed by atoms with E-state index >= 15 is 0 Å². The SMILES string of the molecule is C=Cc1cc2c(cc1C)-c1nccc3c1c(cc1c4cc(C)ccc4ccc31)S2. The summed E-state index contributed by atoms with van der Waals surface area (Å²) in [6, 6.07) is 20.3. The van der Waals surface area contributed by atoms with Crippen LogP contribution in [0.3, 0.4) is 0 Å². The molecule has 0 saturated heterocycles. The van der Waals surface area contributed by atoms with Crippen LogP contribution in [0.5, 0.6) is 0 Å². The molecule has 29 heavy (non-hydrogen) atoms. The van der Waals surface area contributed by atoms with Crippen LogP contribution in [0.2, 0.25) is 0 Å². The van der Waals surface area contributed by atoms with Crippen molar-refractivity contribution in [1.82, 2.24) is 4.98 Å². The quantitative estimate of drug-likeness (QED) is 0.265. The lowest BCUT2D eigenvalue weighted by atomic mass is 9.93. The predicted octanol–water partition coefficient (Wildman–Crippen LogP) is 7.93. The third-order valence-electron chi connectivity index (χ3n) is 6.04. The van der Waals surface area contributed by atoms with E-state index in [4.69, 9.17) is 4.98 Å². The number of hydrogen-bond acceptors (Lipinski definition) is 2. The first-order chi connectivity index (χ1) is 14.1. The van der Waals surface area contributed by atoms with Gasteiger partial charge >= 0.3 is 0 Å². The van der Waals surface area contributed by atoms with Crippen LogP contribution in [0.25, 0.3) is 49.7 Å². The zero-order chi connectivity index (χ0) is 19.7. The van der Waals surface area contributed by atoms with Gasteiger partial charge in [-0.1, -0.05) is 60.3 Å². The molecule has 138 valence electrons. The van der Waals surface area contributed by atoms with Crippen molar-refractivity contribution in [3.63, 3.8) is 0 Å². The lowest BCUT2D eigenvalue weighted by molar-refractivity contribution is 1.27. The van der Waals surface area contributed by atoms with Crippen molar-refractivity contribution < 1.29 is 0 Å². The fraction of sp³-hybridized carbons (Fsp3) is 0.0741. The summed E-state index contributed by atoms with van der Waals surface area (Å²) >= 11 is 1.85. The maximum absolute atomic E-state index is 4.82. The number of pyridine rings is 1. The van der Waals surface area contributed by atoms with E-state index in [2.05, 4.69) is 75.0 Å². The first-order valence-electron chi connectivity index (χ1n) is 9.84. The number of hydrogen-bond donors (Lipinski definition) is 0. The first kappa shape index (κ1) is 16.8. The Labute approximate surface area is 174 Å². The minimum Gasteiger partial charge on any atom is -0.256 e. The van der Waals surface area contributed by atoms with E-state index in [1.807, 2.05) is 24.0 Å². The van der Waals surface area contributed by atoms with Crippen molar-refractivity contribution in [3.8, 4) is 11.3 Å². The van der Waals surface area contributed by atoms with Gasteiger partial charge in [0.25, 0.3) is 0 Å². The Kier molecular flexibility index (Phi) is 3.45. The zero-order valence-corrected chi connectivity index (χ0v) is 17.2. The lowest BCUT2D eigenvalue weighted by Gasteiger charge is -2.22. The second-order valence-corrected chi connectivity index (χ2v) is 8.94. The number of benzene rings is 4. The predicted molar refractivity (Wildman–Crippen MR) is 126 cm³/mol. The molecule has 6 rings (SSSR count). The van der Waals surface area contributed by atoms with Crippen molar-refractivity contribution in [2.24, 2.45) is 0 Å². The highest BCUT2D eigenvalue weighted by Crippen LogP contribution is 2.50. The Balaban J connectivity index is 1.78. The third kappa shape index (κ3) is 2.33. The van der Waals surface area contributed by atoms with E-state index in [1.165, 1.54) is 64.4 Å². The van der Waals surface area contributed by atoms with Crippen LogP contribution in [0.1, 0.15) is 16.7 Å². The van der Waals surface area contributed by atoms with Crippen molar-refractivity contribution in [3.05, 3.63) is 84.1 Å². The third-order valence-corrected chi connectivity index (χ3v) is 7.14. The molecule has 0 radical (unpaired) electrons. The molecule has 0 fully saturated rings. The van der Waals surface area contributed by atoms with Gasteiger partial charge in [0.2, 0.25) is 0 Å². The standard InChI is InChI=1S/C27H19NS/c1-4-17-13-24-23(12-16(17)3)27-26-20(9-10-28-27)19-8-7-18-6-5-15(2)11-21(18)22(19)14-25(26)29-24/h4-14H,1H2,2-3H3. The van der Waals surface area contributed by atoms with E-state index < -0.39 is 0 Å². The normalized spacial score (nSPS) is 12.5. The maximum atomic E-state index is 4.82. The Morgan fingerprint density at radius 2 is 1.69 bits per heavy atom. The summed E-state index contributed by atoms with van der Waals surface area (Å²) in [5.41, 5.74) is 6.04. The topological polar surface area (TPSA) is 12.9 Å². The number of fused-ring (bicyclic) bond motifs is 6. The van der Waals surface area contributed by atoms with Crippen LogP contribution in [0.15, 0.2) is 77.2 Å². The van der Waals surface area contributed by atoms with Gasteiger partial charge in [0, 0.05) is 26.9 Å². The summed E-state index contributed by atoms with van der Waals surface area (Å²) in [4.78, 5) is 7.37. The van der Waals surface area contributed by atoms with E-state index in [9.17, 15) is 0 Å². The molecule has 1 aromatic heterocycles. The lowest BCUT2D eigenvalue weighted by Crippen LogP contribution is -1.98. The highest BCUT2D eigenvalue weighted by atomic mass is 32.2. The molecule has 0 bridgehead atoms. The van der Waals surface area contributed by atoms with Gasteiger partial charge in [-0.3, -0.25) is 4.98 Å². The Hall–Kier alpha value is -3.10. The van der Waals surface area contributed by atoms with E-state index in [1.54, 1.807) is 0 Å². The number of nitrogens with zero attached hydrogens (tertiary/aromatic N) is 1. The average Bonchev–Trinajstić information content (AvgIpc) is 2.74. The van der Waals surface area contributed by atoms with Gasteiger partial charge < -0.3 is 0 Å². The monoisotopic (exact) mass is 389 g/mol. The van der Waals surface area contributed by atoms with E-state index in [0.717, 1.165) is 5.69 Å². The minimum absolute atomic E-state index is 1.09. The van der Waals surface area contributed by atoms with E-state index in [0.29, 0.717) is 0 Å². The summed E-state index contributed by atoms with van der Waals surface area (Å²) < 4.78 is 0. The summed E-state index contributed by atoms with van der Waals surface area (Å²) in [7, 11) is 0. The Bertz CT molecular complexity index is 1510. The molecule has 0 amide bonds. The van der Waals surface area contributed by atoms with Gasteiger partial charge in [-0.05, 0) is 76.2 Å². The van der Waals surface area contributed by atoms with Gasteiger partial charge in [0.15, 0.2) is 0 Å². The molecule has 1 aliphatic rings. The fourth-order valence-corrected chi connectivity index (χ4v) is 5.76. The molecule has 0 unspecified atom stereocenters. The summed E-state index contributed by atoms with van der Waals surface area (Å²) in [6.45, 7) is 8.29. The van der Waals surface area contributed by atoms with Crippen LogP contribution in [0, 0.1) is 13.8 Å². The first-order valence-corrected chi connectivity index (χ1v) is 10.7. The van der Waals surface area contributed by atoms with Crippen LogP contribution in [-0.2, 0) is 0 Å². The van der Waals surface area contributed by atoms with Gasteiger partial charge in [-0.15, -0.1) is 0 Å². The van der Waals surface area contributed by atoms with E-state index in [-0.39, 0.29) is 0 Å². The van der Waals surface area contributed by atoms with Crippen molar-refractivity contribution in [2.45, 2.75) is 23.6 Å². The number of aromatic nitrogens is 1. The second-order valence-electron chi connectivity index (χ2n) is 7.85. The molecular weight excluding hydrogens is 370 g/mol. The summed E-state index contributed by atoms with van der Waals surface area (Å²) in [6.07, 6.45) is 3.90.